The fraction of sp³-hybridized carbons (Fsp3) is 0.231. The summed E-state index contributed by atoms with van der Waals surface area (Å²) in [5.41, 5.74) is 2.79. The molecule has 16 heavy (non-hydrogen) atoms. The van der Waals surface area contributed by atoms with E-state index in [1.54, 1.807) is 24.3 Å². The summed E-state index contributed by atoms with van der Waals surface area (Å²) in [4.78, 5) is 1.29. The summed E-state index contributed by atoms with van der Waals surface area (Å²) in [5, 5.41) is 5.30. The molecule has 0 amide bonds. The normalized spacial score (nSPS) is 10.4. The van der Waals surface area contributed by atoms with Crippen molar-refractivity contribution in [1.29, 1.82) is 0 Å². The Bertz CT molecular complexity index is 490. The lowest BCUT2D eigenvalue weighted by Crippen LogP contribution is -1.99. The number of rotatable bonds is 3. The number of benzene rings is 1. The van der Waals surface area contributed by atoms with Gasteiger partial charge in [-0.2, -0.15) is 0 Å². The van der Waals surface area contributed by atoms with Crippen molar-refractivity contribution >= 4 is 17.0 Å². The molecule has 0 radical (unpaired) electrons. The molecule has 0 aliphatic rings. The van der Waals surface area contributed by atoms with Gasteiger partial charge >= 0.3 is 0 Å². The topological polar surface area (TPSA) is 12.0 Å². The van der Waals surface area contributed by atoms with Crippen LogP contribution < -0.4 is 5.32 Å². The summed E-state index contributed by atoms with van der Waals surface area (Å²) in [5.74, 6) is -0.159. The maximum absolute atomic E-state index is 13.3. The third kappa shape index (κ3) is 2.42. The first-order valence-electron chi connectivity index (χ1n) is 5.20. The molecular formula is C13H14FNS. The van der Waals surface area contributed by atoms with Crippen molar-refractivity contribution in [1.82, 2.24) is 0 Å². The number of hydrogen-bond acceptors (Lipinski definition) is 2. The number of halogens is 1. The highest BCUT2D eigenvalue weighted by Gasteiger charge is 2.01. The highest BCUT2D eigenvalue weighted by molar-refractivity contribution is 7.10. The van der Waals surface area contributed by atoms with E-state index in [4.69, 9.17) is 0 Å². The van der Waals surface area contributed by atoms with Crippen LogP contribution in [0.4, 0.5) is 10.1 Å². The molecule has 1 heterocycles. The van der Waals surface area contributed by atoms with Crippen LogP contribution in [0.3, 0.4) is 0 Å². The van der Waals surface area contributed by atoms with Crippen LogP contribution in [0.15, 0.2) is 29.6 Å². The SMILES string of the molecule is Cc1ccc(NCc2sccc2C)cc1F. The minimum Gasteiger partial charge on any atom is -0.380 e. The molecule has 0 atom stereocenters. The van der Waals surface area contributed by atoms with E-state index in [1.807, 2.05) is 6.07 Å². The van der Waals surface area contributed by atoms with Gasteiger partial charge in [-0.1, -0.05) is 6.07 Å². The van der Waals surface area contributed by atoms with Gasteiger partial charge in [0.15, 0.2) is 0 Å². The second-order valence-corrected chi connectivity index (χ2v) is 4.84. The number of thiophene rings is 1. The third-order valence-corrected chi connectivity index (χ3v) is 3.62. The molecule has 84 valence electrons. The number of nitrogens with one attached hydrogen (secondary N) is 1. The van der Waals surface area contributed by atoms with Gasteiger partial charge in [-0.25, -0.2) is 4.39 Å². The molecule has 1 N–H and O–H groups in total. The Balaban J connectivity index is 2.05. The summed E-state index contributed by atoms with van der Waals surface area (Å²) < 4.78 is 13.3. The van der Waals surface area contributed by atoms with Gasteiger partial charge in [0.05, 0.1) is 0 Å². The van der Waals surface area contributed by atoms with Crippen LogP contribution >= 0.6 is 11.3 Å². The third-order valence-electron chi connectivity index (χ3n) is 2.59. The molecule has 1 aromatic carbocycles. The molecule has 1 nitrogen and oxygen atoms in total. The zero-order chi connectivity index (χ0) is 11.5. The first kappa shape index (κ1) is 11.1. The van der Waals surface area contributed by atoms with Crippen molar-refractivity contribution < 1.29 is 4.39 Å². The lowest BCUT2D eigenvalue weighted by atomic mass is 10.2. The van der Waals surface area contributed by atoms with Gasteiger partial charge < -0.3 is 5.32 Å². The first-order valence-corrected chi connectivity index (χ1v) is 6.08. The first-order chi connectivity index (χ1) is 7.66. The number of anilines is 1. The van der Waals surface area contributed by atoms with Crippen LogP contribution in [0.5, 0.6) is 0 Å². The molecule has 0 unspecified atom stereocenters. The predicted molar refractivity (Wildman–Crippen MR) is 67.5 cm³/mol. The Kier molecular flexibility index (Phi) is 3.25. The Labute approximate surface area is 98.9 Å². The van der Waals surface area contributed by atoms with Crippen LogP contribution in [0.25, 0.3) is 0 Å². The van der Waals surface area contributed by atoms with Crippen molar-refractivity contribution in [2.45, 2.75) is 20.4 Å². The highest BCUT2D eigenvalue weighted by atomic mass is 32.1. The number of hydrogen-bond donors (Lipinski definition) is 1. The lowest BCUT2D eigenvalue weighted by Gasteiger charge is -2.06. The van der Waals surface area contributed by atoms with E-state index in [9.17, 15) is 4.39 Å². The van der Waals surface area contributed by atoms with Crippen LogP contribution in [-0.2, 0) is 6.54 Å². The van der Waals surface area contributed by atoms with Crippen molar-refractivity contribution in [3.05, 3.63) is 51.5 Å². The Hall–Kier alpha value is -1.35. The van der Waals surface area contributed by atoms with Crippen molar-refractivity contribution in [3.63, 3.8) is 0 Å². The summed E-state index contributed by atoms with van der Waals surface area (Å²) >= 11 is 1.72. The quantitative estimate of drug-likeness (QED) is 0.844. The van der Waals surface area contributed by atoms with Crippen molar-refractivity contribution in [2.24, 2.45) is 0 Å². The van der Waals surface area contributed by atoms with Gasteiger partial charge in [0.1, 0.15) is 5.82 Å². The summed E-state index contributed by atoms with van der Waals surface area (Å²) in [6, 6.07) is 7.33. The van der Waals surface area contributed by atoms with E-state index in [1.165, 1.54) is 16.5 Å². The maximum atomic E-state index is 13.3. The zero-order valence-corrected chi connectivity index (χ0v) is 10.2. The predicted octanol–water partition coefficient (Wildman–Crippen LogP) is 4.12. The fourth-order valence-corrected chi connectivity index (χ4v) is 2.32. The van der Waals surface area contributed by atoms with E-state index in [2.05, 4.69) is 23.7 Å². The second-order valence-electron chi connectivity index (χ2n) is 3.84. The molecule has 0 saturated carbocycles. The molecule has 0 aliphatic carbocycles. The van der Waals surface area contributed by atoms with Gasteiger partial charge in [0, 0.05) is 17.1 Å². The smallest absolute Gasteiger partial charge is 0.128 e. The minimum absolute atomic E-state index is 0.159. The zero-order valence-electron chi connectivity index (χ0n) is 9.38. The van der Waals surface area contributed by atoms with Gasteiger partial charge in [0.2, 0.25) is 0 Å². The summed E-state index contributed by atoms with van der Waals surface area (Å²) in [7, 11) is 0. The molecule has 3 heteroatoms. The van der Waals surface area contributed by atoms with Crippen molar-refractivity contribution in [2.75, 3.05) is 5.32 Å². The molecule has 0 saturated heterocycles. The van der Waals surface area contributed by atoms with Crippen LogP contribution in [0.1, 0.15) is 16.0 Å². The van der Waals surface area contributed by atoms with Crippen molar-refractivity contribution in [3.8, 4) is 0 Å². The lowest BCUT2D eigenvalue weighted by molar-refractivity contribution is 0.619. The Morgan fingerprint density at radius 2 is 2.00 bits per heavy atom. The molecule has 0 fully saturated rings. The molecule has 2 rings (SSSR count). The highest BCUT2D eigenvalue weighted by Crippen LogP contribution is 2.19. The molecule has 1 aromatic heterocycles. The van der Waals surface area contributed by atoms with Crippen LogP contribution in [0, 0.1) is 19.7 Å². The van der Waals surface area contributed by atoms with E-state index < -0.39 is 0 Å². The monoisotopic (exact) mass is 235 g/mol. The van der Waals surface area contributed by atoms with Gasteiger partial charge in [-0.05, 0) is 48.6 Å². The van der Waals surface area contributed by atoms with E-state index >= 15 is 0 Å². The number of aryl methyl sites for hydroxylation is 2. The standard InChI is InChI=1S/C13H14FNS/c1-9-3-4-11(7-12(9)14)15-8-13-10(2)5-6-16-13/h3-7,15H,8H2,1-2H3. The Morgan fingerprint density at radius 1 is 1.19 bits per heavy atom. The second kappa shape index (κ2) is 4.66. The molecule has 0 spiro atoms. The van der Waals surface area contributed by atoms with Gasteiger partial charge in [0.25, 0.3) is 0 Å². The van der Waals surface area contributed by atoms with E-state index in [0.717, 1.165) is 12.2 Å². The Morgan fingerprint density at radius 3 is 2.62 bits per heavy atom. The molecule has 2 aromatic rings. The van der Waals surface area contributed by atoms with Gasteiger partial charge in [-0.3, -0.25) is 0 Å². The maximum Gasteiger partial charge on any atom is 0.128 e. The minimum atomic E-state index is -0.159. The summed E-state index contributed by atoms with van der Waals surface area (Å²) in [6.45, 7) is 4.61. The van der Waals surface area contributed by atoms with Gasteiger partial charge in [-0.15, -0.1) is 11.3 Å². The fourth-order valence-electron chi connectivity index (χ4n) is 1.47. The molecule has 0 bridgehead atoms. The molecule has 0 aliphatic heterocycles. The van der Waals surface area contributed by atoms with Crippen LogP contribution in [-0.4, -0.2) is 0 Å². The van der Waals surface area contributed by atoms with Crippen LogP contribution in [0.2, 0.25) is 0 Å². The largest absolute Gasteiger partial charge is 0.380 e. The van der Waals surface area contributed by atoms with E-state index in [-0.39, 0.29) is 5.82 Å². The average molecular weight is 235 g/mol. The molecular weight excluding hydrogens is 221 g/mol. The summed E-state index contributed by atoms with van der Waals surface area (Å²) in [6.07, 6.45) is 0. The van der Waals surface area contributed by atoms with E-state index in [0.29, 0.717) is 5.56 Å². The average Bonchev–Trinajstić information content (AvgIpc) is 2.66.